The van der Waals surface area contributed by atoms with Gasteiger partial charge in [0.25, 0.3) is 0 Å². The fourth-order valence-electron chi connectivity index (χ4n) is 1.07. The highest BCUT2D eigenvalue weighted by atomic mass is 15.3. The Kier molecular flexibility index (Phi) is 1.17. The van der Waals surface area contributed by atoms with E-state index in [0.717, 1.165) is 6.54 Å². The van der Waals surface area contributed by atoms with Crippen molar-refractivity contribution < 1.29 is 0 Å². The average Bonchev–Trinajstić information content (AvgIpc) is 2.05. The van der Waals surface area contributed by atoms with Crippen LogP contribution in [0.2, 0.25) is 0 Å². The summed E-state index contributed by atoms with van der Waals surface area (Å²) in [4.78, 5) is 0. The summed E-state index contributed by atoms with van der Waals surface area (Å²) in [5.74, 6) is 0. The van der Waals surface area contributed by atoms with Gasteiger partial charge in [-0.1, -0.05) is 24.3 Å². The SMILES string of the molecule is C1=NNCc2ccccc21. The number of fused-ring (bicyclic) bond motifs is 1. The Bertz CT molecular complexity index is 266. The zero-order valence-corrected chi connectivity index (χ0v) is 5.54. The number of hydrogen-bond donors (Lipinski definition) is 1. The molecule has 0 spiro atoms. The van der Waals surface area contributed by atoms with Crippen LogP contribution in [0.1, 0.15) is 11.1 Å². The predicted molar refractivity (Wildman–Crippen MR) is 40.9 cm³/mol. The second-order valence-corrected chi connectivity index (χ2v) is 2.29. The van der Waals surface area contributed by atoms with Gasteiger partial charge in [0.15, 0.2) is 0 Å². The highest BCUT2D eigenvalue weighted by Crippen LogP contribution is 2.07. The van der Waals surface area contributed by atoms with Crippen molar-refractivity contribution in [3.05, 3.63) is 35.4 Å². The van der Waals surface area contributed by atoms with Gasteiger partial charge in [-0.3, -0.25) is 0 Å². The molecule has 0 radical (unpaired) electrons. The number of nitrogens with one attached hydrogen (secondary N) is 1. The van der Waals surface area contributed by atoms with Crippen molar-refractivity contribution in [2.75, 3.05) is 0 Å². The van der Waals surface area contributed by atoms with Crippen LogP contribution in [-0.4, -0.2) is 6.21 Å². The van der Waals surface area contributed by atoms with Crippen molar-refractivity contribution in [3.63, 3.8) is 0 Å². The molecule has 1 heterocycles. The summed E-state index contributed by atoms with van der Waals surface area (Å²) < 4.78 is 0. The van der Waals surface area contributed by atoms with Crippen LogP contribution in [0.5, 0.6) is 0 Å². The maximum Gasteiger partial charge on any atom is 0.0586 e. The van der Waals surface area contributed by atoms with Crippen LogP contribution in [0, 0.1) is 0 Å². The fraction of sp³-hybridized carbons (Fsp3) is 0.125. The summed E-state index contributed by atoms with van der Waals surface area (Å²) in [5.41, 5.74) is 5.45. The molecular formula is C8H8N2. The summed E-state index contributed by atoms with van der Waals surface area (Å²) in [6.07, 6.45) is 1.85. The summed E-state index contributed by atoms with van der Waals surface area (Å²) in [6.45, 7) is 0.854. The normalized spacial score (nSPS) is 14.0. The third kappa shape index (κ3) is 0.778. The summed E-state index contributed by atoms with van der Waals surface area (Å²) in [5, 5.41) is 3.94. The van der Waals surface area contributed by atoms with Crippen LogP contribution in [0.15, 0.2) is 29.4 Å². The van der Waals surface area contributed by atoms with Gasteiger partial charge in [-0.15, -0.1) is 0 Å². The lowest BCUT2D eigenvalue weighted by Crippen LogP contribution is -2.12. The Labute approximate surface area is 59.6 Å². The minimum absolute atomic E-state index is 0.854. The maximum absolute atomic E-state index is 3.94. The van der Waals surface area contributed by atoms with Gasteiger partial charge >= 0.3 is 0 Å². The molecule has 1 aromatic carbocycles. The average molecular weight is 132 g/mol. The molecule has 1 aliphatic rings. The van der Waals surface area contributed by atoms with E-state index in [2.05, 4.69) is 22.7 Å². The number of hydrogen-bond acceptors (Lipinski definition) is 2. The standard InChI is InChI=1S/C8H8N2/c1-2-4-8-6-10-9-5-7(8)3-1/h1-5,10H,6H2. The van der Waals surface area contributed by atoms with Crippen LogP contribution in [0.4, 0.5) is 0 Å². The van der Waals surface area contributed by atoms with Gasteiger partial charge in [0, 0.05) is 0 Å². The second kappa shape index (κ2) is 2.14. The molecule has 2 heteroatoms. The lowest BCUT2D eigenvalue weighted by atomic mass is 10.1. The van der Waals surface area contributed by atoms with Crippen molar-refractivity contribution in [1.29, 1.82) is 0 Å². The van der Waals surface area contributed by atoms with Crippen molar-refractivity contribution in [2.45, 2.75) is 6.54 Å². The van der Waals surface area contributed by atoms with E-state index in [4.69, 9.17) is 0 Å². The molecular weight excluding hydrogens is 124 g/mol. The van der Waals surface area contributed by atoms with Crippen LogP contribution < -0.4 is 5.43 Å². The molecule has 0 amide bonds. The fourth-order valence-corrected chi connectivity index (χ4v) is 1.07. The topological polar surface area (TPSA) is 24.4 Å². The largest absolute Gasteiger partial charge is 0.306 e. The van der Waals surface area contributed by atoms with E-state index < -0.39 is 0 Å². The highest BCUT2D eigenvalue weighted by molar-refractivity contribution is 5.82. The Balaban J connectivity index is 2.54. The molecule has 1 aromatic rings. The first-order valence-electron chi connectivity index (χ1n) is 3.30. The molecule has 0 unspecified atom stereocenters. The molecule has 1 N–H and O–H groups in total. The number of benzene rings is 1. The van der Waals surface area contributed by atoms with Crippen LogP contribution in [0.25, 0.3) is 0 Å². The molecule has 2 rings (SSSR count). The Hall–Kier alpha value is -1.31. The van der Waals surface area contributed by atoms with Crippen molar-refractivity contribution in [3.8, 4) is 0 Å². The van der Waals surface area contributed by atoms with Crippen LogP contribution in [0.3, 0.4) is 0 Å². The quantitative estimate of drug-likeness (QED) is 0.562. The Morgan fingerprint density at radius 2 is 2.20 bits per heavy atom. The highest BCUT2D eigenvalue weighted by Gasteiger charge is 2.00. The summed E-state index contributed by atoms with van der Waals surface area (Å²) in [7, 11) is 0. The van der Waals surface area contributed by atoms with E-state index in [1.807, 2.05) is 18.3 Å². The smallest absolute Gasteiger partial charge is 0.0586 e. The summed E-state index contributed by atoms with van der Waals surface area (Å²) in [6, 6.07) is 8.24. The van der Waals surface area contributed by atoms with Gasteiger partial charge < -0.3 is 5.43 Å². The maximum atomic E-state index is 3.94. The molecule has 0 bridgehead atoms. The van der Waals surface area contributed by atoms with E-state index in [1.54, 1.807) is 0 Å². The van der Waals surface area contributed by atoms with E-state index >= 15 is 0 Å². The van der Waals surface area contributed by atoms with Gasteiger partial charge in [-0.25, -0.2) is 0 Å². The van der Waals surface area contributed by atoms with Gasteiger partial charge in [0.2, 0.25) is 0 Å². The minimum Gasteiger partial charge on any atom is -0.306 e. The summed E-state index contributed by atoms with van der Waals surface area (Å²) >= 11 is 0. The van der Waals surface area contributed by atoms with Crippen LogP contribution in [-0.2, 0) is 6.54 Å². The van der Waals surface area contributed by atoms with Crippen LogP contribution >= 0.6 is 0 Å². The zero-order valence-electron chi connectivity index (χ0n) is 5.54. The predicted octanol–water partition coefficient (Wildman–Crippen LogP) is 1.12. The molecule has 0 aliphatic carbocycles. The first kappa shape index (κ1) is 5.47. The van der Waals surface area contributed by atoms with Gasteiger partial charge in [-0.2, -0.15) is 5.10 Å². The van der Waals surface area contributed by atoms with Crippen molar-refractivity contribution in [1.82, 2.24) is 5.43 Å². The molecule has 2 nitrogen and oxygen atoms in total. The first-order chi connectivity index (χ1) is 4.97. The first-order valence-corrected chi connectivity index (χ1v) is 3.30. The third-order valence-corrected chi connectivity index (χ3v) is 1.62. The van der Waals surface area contributed by atoms with E-state index in [1.165, 1.54) is 11.1 Å². The van der Waals surface area contributed by atoms with E-state index in [0.29, 0.717) is 0 Å². The van der Waals surface area contributed by atoms with Gasteiger partial charge in [0.05, 0.1) is 12.8 Å². The zero-order chi connectivity index (χ0) is 6.81. The second-order valence-electron chi connectivity index (χ2n) is 2.29. The molecule has 0 saturated carbocycles. The minimum atomic E-state index is 0.854. The van der Waals surface area contributed by atoms with Crippen molar-refractivity contribution >= 4 is 6.21 Å². The number of rotatable bonds is 0. The molecule has 1 aliphatic heterocycles. The molecule has 0 saturated heterocycles. The molecule has 0 aromatic heterocycles. The molecule has 0 fully saturated rings. The Morgan fingerprint density at radius 3 is 3.10 bits per heavy atom. The lowest BCUT2D eigenvalue weighted by Gasteiger charge is -2.09. The lowest BCUT2D eigenvalue weighted by molar-refractivity contribution is 0.735. The molecule has 0 atom stereocenters. The molecule has 10 heavy (non-hydrogen) atoms. The molecule has 50 valence electrons. The third-order valence-electron chi connectivity index (χ3n) is 1.62. The van der Waals surface area contributed by atoms with E-state index in [9.17, 15) is 0 Å². The number of hydrazone groups is 1. The number of nitrogens with zero attached hydrogens (tertiary/aromatic N) is 1. The van der Waals surface area contributed by atoms with Crippen molar-refractivity contribution in [2.24, 2.45) is 5.10 Å². The van der Waals surface area contributed by atoms with Gasteiger partial charge in [0.1, 0.15) is 0 Å². The van der Waals surface area contributed by atoms with E-state index in [-0.39, 0.29) is 0 Å². The van der Waals surface area contributed by atoms with Gasteiger partial charge in [-0.05, 0) is 11.1 Å². The monoisotopic (exact) mass is 132 g/mol. The Morgan fingerprint density at radius 1 is 1.30 bits per heavy atom.